The third kappa shape index (κ3) is 4.65. The van der Waals surface area contributed by atoms with Crippen molar-refractivity contribution in [2.24, 2.45) is 5.73 Å². The second kappa shape index (κ2) is 8.07. The fourth-order valence-electron chi connectivity index (χ4n) is 2.53. The second-order valence-electron chi connectivity index (χ2n) is 5.34. The van der Waals surface area contributed by atoms with Gasteiger partial charge in [0.25, 0.3) is 0 Å². The summed E-state index contributed by atoms with van der Waals surface area (Å²) in [5.74, 6) is 1.28. The zero-order valence-corrected chi connectivity index (χ0v) is 12.1. The Kier molecular flexibility index (Phi) is 6.08. The average Bonchev–Trinajstić information content (AvgIpc) is 2.97. The molecule has 1 aliphatic heterocycles. The van der Waals surface area contributed by atoms with Gasteiger partial charge in [-0.2, -0.15) is 0 Å². The van der Waals surface area contributed by atoms with Gasteiger partial charge in [-0.05, 0) is 31.5 Å². The van der Waals surface area contributed by atoms with Crippen LogP contribution in [0.5, 0.6) is 0 Å². The van der Waals surface area contributed by atoms with Crippen LogP contribution in [0.25, 0.3) is 0 Å². The fraction of sp³-hybridized carbons (Fsp3) is 0.667. The quantitative estimate of drug-likeness (QED) is 0.767. The maximum absolute atomic E-state index is 12.0. The Morgan fingerprint density at radius 3 is 2.65 bits per heavy atom. The molecule has 0 aliphatic carbocycles. The van der Waals surface area contributed by atoms with Crippen molar-refractivity contribution in [1.29, 1.82) is 0 Å². The van der Waals surface area contributed by atoms with Gasteiger partial charge in [0.05, 0.1) is 12.8 Å². The third-order valence-electron chi connectivity index (χ3n) is 3.78. The van der Waals surface area contributed by atoms with Crippen molar-refractivity contribution in [1.82, 2.24) is 9.80 Å². The smallest absolute Gasteiger partial charge is 0.222 e. The first-order chi connectivity index (χ1) is 9.79. The minimum atomic E-state index is 0.291. The van der Waals surface area contributed by atoms with Crippen molar-refractivity contribution in [3.63, 3.8) is 0 Å². The van der Waals surface area contributed by atoms with E-state index in [0.29, 0.717) is 12.3 Å². The maximum atomic E-state index is 12.0. The third-order valence-corrected chi connectivity index (χ3v) is 3.78. The lowest BCUT2D eigenvalue weighted by Gasteiger charge is -2.34. The number of rotatable bonds is 7. The minimum absolute atomic E-state index is 0.291. The van der Waals surface area contributed by atoms with Crippen molar-refractivity contribution < 1.29 is 9.21 Å². The van der Waals surface area contributed by atoms with E-state index in [4.69, 9.17) is 10.2 Å². The first-order valence-corrected chi connectivity index (χ1v) is 7.52. The number of carbonyl (C=O) groups excluding carboxylic acids is 1. The largest absolute Gasteiger partial charge is 0.468 e. The normalized spacial score (nSPS) is 16.6. The minimum Gasteiger partial charge on any atom is -0.468 e. The van der Waals surface area contributed by atoms with E-state index in [1.807, 2.05) is 17.0 Å². The van der Waals surface area contributed by atoms with Gasteiger partial charge in [-0.3, -0.25) is 9.69 Å². The van der Waals surface area contributed by atoms with Gasteiger partial charge in [-0.1, -0.05) is 6.42 Å². The molecule has 0 aromatic carbocycles. The SMILES string of the molecule is NCCCCCC(=O)N1CCN(Cc2ccco2)CC1. The summed E-state index contributed by atoms with van der Waals surface area (Å²) in [6.45, 7) is 5.07. The molecule has 1 saturated heterocycles. The summed E-state index contributed by atoms with van der Waals surface area (Å²) in [6, 6.07) is 3.91. The van der Waals surface area contributed by atoms with Crippen molar-refractivity contribution in [2.75, 3.05) is 32.7 Å². The number of hydrogen-bond acceptors (Lipinski definition) is 4. The fourth-order valence-corrected chi connectivity index (χ4v) is 2.53. The van der Waals surface area contributed by atoms with Crippen LogP contribution in [0, 0.1) is 0 Å². The van der Waals surface area contributed by atoms with E-state index >= 15 is 0 Å². The highest BCUT2D eigenvalue weighted by molar-refractivity contribution is 5.76. The molecule has 0 saturated carbocycles. The molecule has 2 heterocycles. The summed E-state index contributed by atoms with van der Waals surface area (Å²) in [5.41, 5.74) is 5.45. The standard InChI is InChI=1S/C15H25N3O2/c16-7-3-1-2-6-15(19)18-10-8-17(9-11-18)13-14-5-4-12-20-14/h4-5,12H,1-3,6-11,13,16H2. The molecule has 0 radical (unpaired) electrons. The first-order valence-electron chi connectivity index (χ1n) is 7.52. The summed E-state index contributed by atoms with van der Waals surface area (Å²) in [6.07, 6.45) is 5.40. The Morgan fingerprint density at radius 2 is 2.00 bits per heavy atom. The molecule has 20 heavy (non-hydrogen) atoms. The molecule has 0 spiro atoms. The molecule has 2 rings (SSSR count). The average molecular weight is 279 g/mol. The number of unbranched alkanes of at least 4 members (excludes halogenated alkanes) is 2. The number of nitrogens with zero attached hydrogens (tertiary/aromatic N) is 2. The Labute approximate surface area is 120 Å². The predicted molar refractivity (Wildman–Crippen MR) is 78.1 cm³/mol. The summed E-state index contributed by atoms with van der Waals surface area (Å²) in [4.78, 5) is 16.4. The highest BCUT2D eigenvalue weighted by Gasteiger charge is 2.21. The van der Waals surface area contributed by atoms with Crippen molar-refractivity contribution in [3.8, 4) is 0 Å². The Hall–Kier alpha value is -1.33. The molecule has 0 bridgehead atoms. The zero-order chi connectivity index (χ0) is 14.2. The van der Waals surface area contributed by atoms with Crippen LogP contribution in [-0.4, -0.2) is 48.4 Å². The van der Waals surface area contributed by atoms with Crippen LogP contribution in [0.4, 0.5) is 0 Å². The van der Waals surface area contributed by atoms with Crippen LogP contribution >= 0.6 is 0 Å². The highest BCUT2D eigenvalue weighted by Crippen LogP contribution is 2.11. The molecule has 0 unspecified atom stereocenters. The van der Waals surface area contributed by atoms with Crippen LogP contribution in [0.3, 0.4) is 0 Å². The molecular formula is C15H25N3O2. The molecule has 1 fully saturated rings. The summed E-state index contributed by atoms with van der Waals surface area (Å²) in [7, 11) is 0. The van der Waals surface area contributed by atoms with Gasteiger partial charge in [0.15, 0.2) is 0 Å². The number of furan rings is 1. The van der Waals surface area contributed by atoms with E-state index in [9.17, 15) is 4.79 Å². The van der Waals surface area contributed by atoms with Gasteiger partial charge in [-0.15, -0.1) is 0 Å². The van der Waals surface area contributed by atoms with Crippen molar-refractivity contribution in [3.05, 3.63) is 24.2 Å². The Balaban J connectivity index is 1.64. The lowest BCUT2D eigenvalue weighted by molar-refractivity contribution is -0.133. The monoisotopic (exact) mass is 279 g/mol. The lowest BCUT2D eigenvalue weighted by Crippen LogP contribution is -2.48. The number of amides is 1. The van der Waals surface area contributed by atoms with E-state index in [1.54, 1.807) is 6.26 Å². The maximum Gasteiger partial charge on any atom is 0.222 e. The van der Waals surface area contributed by atoms with E-state index in [0.717, 1.165) is 64.3 Å². The van der Waals surface area contributed by atoms with Crippen LogP contribution < -0.4 is 5.73 Å². The molecule has 2 N–H and O–H groups in total. The number of carbonyl (C=O) groups is 1. The van der Waals surface area contributed by atoms with E-state index in [-0.39, 0.29) is 0 Å². The molecule has 112 valence electrons. The van der Waals surface area contributed by atoms with Gasteiger partial charge in [0.2, 0.25) is 5.91 Å². The number of hydrogen-bond donors (Lipinski definition) is 1. The molecule has 0 atom stereocenters. The molecular weight excluding hydrogens is 254 g/mol. The predicted octanol–water partition coefficient (Wildman–Crippen LogP) is 1.44. The molecule has 1 aromatic heterocycles. The summed E-state index contributed by atoms with van der Waals surface area (Å²) in [5, 5.41) is 0. The topological polar surface area (TPSA) is 62.7 Å². The zero-order valence-electron chi connectivity index (χ0n) is 12.1. The Bertz CT molecular complexity index is 384. The molecule has 1 amide bonds. The lowest BCUT2D eigenvalue weighted by atomic mass is 10.1. The first kappa shape index (κ1) is 15.1. The van der Waals surface area contributed by atoms with Gasteiger partial charge in [0, 0.05) is 32.6 Å². The van der Waals surface area contributed by atoms with Crippen LogP contribution in [0.1, 0.15) is 31.4 Å². The van der Waals surface area contributed by atoms with E-state index < -0.39 is 0 Å². The molecule has 5 heteroatoms. The van der Waals surface area contributed by atoms with Crippen LogP contribution in [0.15, 0.2) is 22.8 Å². The molecule has 1 aromatic rings. The van der Waals surface area contributed by atoms with Gasteiger partial charge < -0.3 is 15.1 Å². The molecule has 1 aliphatic rings. The van der Waals surface area contributed by atoms with Gasteiger partial charge in [-0.25, -0.2) is 0 Å². The van der Waals surface area contributed by atoms with Crippen LogP contribution in [0.2, 0.25) is 0 Å². The molecule has 5 nitrogen and oxygen atoms in total. The summed E-state index contributed by atoms with van der Waals surface area (Å²) < 4.78 is 5.35. The van der Waals surface area contributed by atoms with E-state index in [1.165, 1.54) is 0 Å². The van der Waals surface area contributed by atoms with E-state index in [2.05, 4.69) is 4.90 Å². The van der Waals surface area contributed by atoms with Crippen LogP contribution in [-0.2, 0) is 11.3 Å². The Morgan fingerprint density at radius 1 is 1.20 bits per heavy atom. The second-order valence-corrected chi connectivity index (χ2v) is 5.34. The van der Waals surface area contributed by atoms with Gasteiger partial charge >= 0.3 is 0 Å². The van der Waals surface area contributed by atoms with Crippen molar-refractivity contribution >= 4 is 5.91 Å². The summed E-state index contributed by atoms with van der Waals surface area (Å²) >= 11 is 0. The number of nitrogens with two attached hydrogens (primary N) is 1. The van der Waals surface area contributed by atoms with Crippen molar-refractivity contribution in [2.45, 2.75) is 32.2 Å². The van der Waals surface area contributed by atoms with Gasteiger partial charge in [0.1, 0.15) is 5.76 Å². The highest BCUT2D eigenvalue weighted by atomic mass is 16.3. The number of piperazine rings is 1.